The van der Waals surface area contributed by atoms with Crippen LogP contribution in [0.1, 0.15) is 96.4 Å². The zero-order valence-corrected chi connectivity index (χ0v) is 28.3. The molecule has 0 bridgehead atoms. The Morgan fingerprint density at radius 3 is 2.40 bits per heavy atom. The van der Waals surface area contributed by atoms with Gasteiger partial charge in [0.15, 0.2) is 5.82 Å². The van der Waals surface area contributed by atoms with Gasteiger partial charge in [-0.3, -0.25) is 4.79 Å². The number of hydrogen-bond donors (Lipinski definition) is 1. The molecule has 0 radical (unpaired) electrons. The van der Waals surface area contributed by atoms with E-state index in [1.165, 1.54) is 49.4 Å². The molecule has 242 valence electrons. The van der Waals surface area contributed by atoms with E-state index in [-0.39, 0.29) is 39.2 Å². The number of anilines is 2. The first-order chi connectivity index (χ1) is 22.5. The van der Waals surface area contributed by atoms with Crippen LogP contribution in [0.5, 0.6) is 0 Å². The number of unbranched alkanes of at least 4 members (excludes halogenated alkanes) is 5. The molecule has 0 aliphatic carbocycles. The summed E-state index contributed by atoms with van der Waals surface area (Å²) in [6.07, 6.45) is 7.23. The fraction of sp³-hybridized carbons (Fsp3) is 0.429. The third-order valence-electron chi connectivity index (χ3n) is 7.40. The van der Waals surface area contributed by atoms with E-state index in [1.54, 1.807) is 6.07 Å². The molecule has 0 atom stereocenters. The van der Waals surface area contributed by atoms with Crippen molar-refractivity contribution in [3.8, 4) is 23.9 Å². The Kier molecular flexibility index (Phi) is 13.0. The maximum absolute atomic E-state index is 12.2. The number of azo groups is 1. The molecule has 0 saturated heterocycles. The minimum absolute atomic E-state index is 0.0755. The monoisotopic (exact) mass is 650 g/mol. The van der Waals surface area contributed by atoms with Crippen molar-refractivity contribution in [1.82, 2.24) is 9.78 Å². The van der Waals surface area contributed by atoms with Crippen molar-refractivity contribution in [2.75, 3.05) is 23.3 Å². The molecule has 1 N–H and O–H groups in total. The molecule has 3 aromatic rings. The predicted octanol–water partition coefficient (Wildman–Crippen LogP) is 9.57. The van der Waals surface area contributed by atoms with Gasteiger partial charge in [0, 0.05) is 31.1 Å². The summed E-state index contributed by atoms with van der Waals surface area (Å²) in [6, 6.07) is 14.6. The van der Waals surface area contributed by atoms with Gasteiger partial charge in [-0.1, -0.05) is 71.4 Å². The Bertz CT molecular complexity index is 1790. The number of hydrogen-bond acceptors (Lipinski definition) is 8. The maximum Gasteiger partial charge on any atom is 0.221 e. The van der Waals surface area contributed by atoms with E-state index in [9.17, 15) is 20.6 Å². The number of carbonyl (C=O) groups is 1. The average Bonchev–Trinajstić information content (AvgIpc) is 3.42. The summed E-state index contributed by atoms with van der Waals surface area (Å²) < 4.78 is 1.36. The largest absolute Gasteiger partial charge is 0.370 e. The van der Waals surface area contributed by atoms with E-state index in [2.05, 4.69) is 49.5 Å². The maximum atomic E-state index is 12.2. The Balaban J connectivity index is 2.11. The number of benzene rings is 2. The zero-order valence-electron chi connectivity index (χ0n) is 27.6. The van der Waals surface area contributed by atoms with Gasteiger partial charge in [-0.25, -0.2) is 9.53 Å². The van der Waals surface area contributed by atoms with Gasteiger partial charge in [0.05, 0.1) is 52.8 Å². The van der Waals surface area contributed by atoms with E-state index < -0.39 is 5.41 Å². The van der Waals surface area contributed by atoms with E-state index >= 15 is 0 Å². The SMILES string of the molecule is [C-]#[N+]c1cc(-n2nc(C(C)(C)C)c(C#N)c2N=Nc2ccc(N(CCC#N)CCCCCCCC)cc2NC(C)=O)c(Cl)cc1C#N. The highest BCUT2D eigenvalue weighted by atomic mass is 35.5. The van der Waals surface area contributed by atoms with Crippen LogP contribution in [-0.4, -0.2) is 28.8 Å². The number of carbonyl (C=O) groups excluding carboxylic acids is 1. The van der Waals surface area contributed by atoms with Crippen molar-refractivity contribution in [2.45, 2.75) is 85.0 Å². The topological polar surface area (TPSA) is 151 Å². The minimum atomic E-state index is -0.561. The molecule has 0 saturated carbocycles. The van der Waals surface area contributed by atoms with Gasteiger partial charge in [0.25, 0.3) is 0 Å². The third-order valence-corrected chi connectivity index (χ3v) is 7.70. The molecular formula is C35H39ClN10O. The molecule has 2 aromatic carbocycles. The first-order valence-electron chi connectivity index (χ1n) is 15.6. The number of nitriles is 3. The minimum Gasteiger partial charge on any atom is -0.370 e. The summed E-state index contributed by atoms with van der Waals surface area (Å²) >= 11 is 6.57. The lowest BCUT2D eigenvalue weighted by Gasteiger charge is -2.25. The van der Waals surface area contributed by atoms with Crippen LogP contribution in [0.2, 0.25) is 5.02 Å². The van der Waals surface area contributed by atoms with Gasteiger partial charge < -0.3 is 10.2 Å². The molecule has 0 spiro atoms. The van der Waals surface area contributed by atoms with E-state index in [1.807, 2.05) is 39.0 Å². The molecular weight excluding hydrogens is 612 g/mol. The van der Waals surface area contributed by atoms with Crippen LogP contribution in [0.25, 0.3) is 10.5 Å². The highest BCUT2D eigenvalue weighted by molar-refractivity contribution is 6.32. The van der Waals surface area contributed by atoms with Crippen LogP contribution >= 0.6 is 11.6 Å². The second-order valence-electron chi connectivity index (χ2n) is 12.1. The van der Waals surface area contributed by atoms with E-state index in [4.69, 9.17) is 18.2 Å². The second-order valence-corrected chi connectivity index (χ2v) is 12.5. The van der Waals surface area contributed by atoms with Gasteiger partial charge in [-0.2, -0.15) is 20.9 Å². The quantitative estimate of drug-likeness (QED) is 0.104. The normalized spacial score (nSPS) is 11.0. The number of rotatable bonds is 14. The Morgan fingerprint density at radius 2 is 1.79 bits per heavy atom. The first kappa shape index (κ1) is 36.2. The van der Waals surface area contributed by atoms with Gasteiger partial charge in [0.2, 0.25) is 11.6 Å². The van der Waals surface area contributed by atoms with Crippen molar-refractivity contribution in [2.24, 2.45) is 10.2 Å². The standard InChI is InChI=1S/C35H39ClN10O/c1-7-8-9-10-11-12-17-45(18-13-16-37)26-14-15-29(31(20-26)41-24(2)47)42-43-34-27(23-39)33(35(3,4)5)44-46(34)32-21-30(40-6)25(22-38)19-28(32)36/h14-15,19-21H,7-13,17-18H2,1-5H3,(H,41,47). The lowest BCUT2D eigenvalue weighted by atomic mass is 9.90. The zero-order chi connectivity index (χ0) is 34.6. The number of aromatic nitrogens is 2. The second kappa shape index (κ2) is 16.9. The molecule has 11 nitrogen and oxygen atoms in total. The predicted molar refractivity (Wildman–Crippen MR) is 184 cm³/mol. The van der Waals surface area contributed by atoms with Crippen LogP contribution in [0.3, 0.4) is 0 Å². The van der Waals surface area contributed by atoms with Crippen LogP contribution in [0, 0.1) is 40.6 Å². The van der Waals surface area contributed by atoms with Crippen LogP contribution in [0.4, 0.5) is 28.6 Å². The molecule has 47 heavy (non-hydrogen) atoms. The molecule has 0 aliphatic heterocycles. The molecule has 0 aliphatic rings. The van der Waals surface area contributed by atoms with Gasteiger partial charge in [-0.05, 0) is 36.8 Å². The Labute approximate surface area is 281 Å². The Hall–Kier alpha value is -5.23. The van der Waals surface area contributed by atoms with Crippen LogP contribution < -0.4 is 10.2 Å². The Morgan fingerprint density at radius 1 is 1.06 bits per heavy atom. The lowest BCUT2D eigenvalue weighted by molar-refractivity contribution is -0.114. The van der Waals surface area contributed by atoms with E-state index in [0.29, 0.717) is 30.0 Å². The van der Waals surface area contributed by atoms with Crippen LogP contribution in [-0.2, 0) is 10.2 Å². The van der Waals surface area contributed by atoms with Crippen molar-refractivity contribution >= 4 is 46.1 Å². The molecule has 3 rings (SSSR count). The summed E-state index contributed by atoms with van der Waals surface area (Å²) in [7, 11) is 0. The molecule has 1 amide bonds. The highest BCUT2D eigenvalue weighted by Gasteiger charge is 2.29. The number of halogens is 1. The number of nitrogens with zero attached hydrogens (tertiary/aromatic N) is 9. The van der Waals surface area contributed by atoms with Crippen molar-refractivity contribution in [3.63, 3.8) is 0 Å². The molecule has 0 unspecified atom stereocenters. The van der Waals surface area contributed by atoms with Crippen molar-refractivity contribution in [3.05, 3.63) is 63.6 Å². The summed E-state index contributed by atoms with van der Waals surface area (Å²) in [5.74, 6) is -0.219. The molecule has 1 heterocycles. The van der Waals surface area contributed by atoms with Crippen molar-refractivity contribution in [1.29, 1.82) is 15.8 Å². The highest BCUT2D eigenvalue weighted by Crippen LogP contribution is 2.39. The molecule has 1 aromatic heterocycles. The molecule has 12 heteroatoms. The first-order valence-corrected chi connectivity index (χ1v) is 16.0. The fourth-order valence-electron chi connectivity index (χ4n) is 5.03. The summed E-state index contributed by atoms with van der Waals surface area (Å²) in [5, 5.41) is 45.6. The number of amides is 1. The van der Waals surface area contributed by atoms with Crippen LogP contribution in [0.15, 0.2) is 40.6 Å². The third kappa shape index (κ3) is 9.39. The fourth-order valence-corrected chi connectivity index (χ4v) is 5.27. The van der Waals surface area contributed by atoms with E-state index in [0.717, 1.165) is 25.1 Å². The van der Waals surface area contributed by atoms with Crippen molar-refractivity contribution < 1.29 is 4.79 Å². The lowest BCUT2D eigenvalue weighted by Crippen LogP contribution is -2.25. The summed E-state index contributed by atoms with van der Waals surface area (Å²) in [5.41, 5.74) is 2.09. The smallest absolute Gasteiger partial charge is 0.221 e. The number of nitrogens with one attached hydrogen (secondary N) is 1. The molecule has 0 fully saturated rings. The van der Waals surface area contributed by atoms with Gasteiger partial charge >= 0.3 is 0 Å². The van der Waals surface area contributed by atoms with Gasteiger partial charge in [0.1, 0.15) is 17.3 Å². The summed E-state index contributed by atoms with van der Waals surface area (Å²) in [6.45, 7) is 18.2. The van der Waals surface area contributed by atoms with Gasteiger partial charge in [-0.15, -0.1) is 10.2 Å². The average molecular weight is 651 g/mol. The summed E-state index contributed by atoms with van der Waals surface area (Å²) in [4.78, 5) is 17.8.